The molecule has 0 fully saturated rings. The van der Waals surface area contributed by atoms with E-state index < -0.39 is 6.04 Å². The maximum absolute atomic E-state index is 13.1. The number of halogens is 1. The number of carbonyl (C=O) groups excluding carboxylic acids is 2. The Kier molecular flexibility index (Phi) is 8.87. The molecule has 0 bridgehead atoms. The molecule has 0 radical (unpaired) electrons. The number of likely N-dealkylation sites (N-methyl/N-ethyl adjacent to an activating group) is 1. The number of aryl methyl sites for hydroxylation is 1. The summed E-state index contributed by atoms with van der Waals surface area (Å²) in [5.74, 6) is 0.110. The van der Waals surface area contributed by atoms with Crippen molar-refractivity contribution >= 4 is 35.2 Å². The third kappa shape index (κ3) is 6.57. The second-order valence-corrected chi connectivity index (χ2v) is 8.05. The van der Waals surface area contributed by atoms with Crippen molar-refractivity contribution in [2.24, 2.45) is 0 Å². The van der Waals surface area contributed by atoms with Gasteiger partial charge in [-0.3, -0.25) is 9.59 Å². The molecule has 150 valence electrons. The van der Waals surface area contributed by atoms with Crippen LogP contribution in [0.4, 0.5) is 0 Å². The summed E-state index contributed by atoms with van der Waals surface area (Å²) in [5, 5.41) is 3.49. The first-order valence-corrected chi connectivity index (χ1v) is 10.8. The van der Waals surface area contributed by atoms with Crippen molar-refractivity contribution in [3.05, 3.63) is 64.7 Å². The van der Waals surface area contributed by atoms with Crippen LogP contribution < -0.4 is 5.32 Å². The smallest absolute Gasteiger partial charge is 0.242 e. The first-order chi connectivity index (χ1) is 13.4. The zero-order chi connectivity index (χ0) is 20.5. The maximum Gasteiger partial charge on any atom is 0.242 e. The average Bonchev–Trinajstić information content (AvgIpc) is 2.69. The van der Waals surface area contributed by atoms with Crippen LogP contribution in [0.15, 0.2) is 53.4 Å². The highest BCUT2D eigenvalue weighted by atomic mass is 35.5. The summed E-state index contributed by atoms with van der Waals surface area (Å²) in [6, 6.07) is 15.0. The van der Waals surface area contributed by atoms with Crippen LogP contribution in [-0.4, -0.2) is 35.1 Å². The van der Waals surface area contributed by atoms with Gasteiger partial charge in [0, 0.05) is 23.0 Å². The van der Waals surface area contributed by atoms with E-state index >= 15 is 0 Å². The largest absolute Gasteiger partial charge is 0.355 e. The van der Waals surface area contributed by atoms with Crippen LogP contribution in [0.2, 0.25) is 5.02 Å². The standard InChI is InChI=1S/C22H27ClN2O2S/c1-4-20(22(27)24-5-2)25(14-17-8-10-18(23)11-9-17)21(26)15-28-19-12-6-16(3)7-13-19/h6-13,20H,4-5,14-15H2,1-3H3,(H,24,27)/t20-/m0/s1. The first-order valence-electron chi connectivity index (χ1n) is 9.45. The van der Waals surface area contributed by atoms with Crippen molar-refractivity contribution in [3.63, 3.8) is 0 Å². The molecule has 28 heavy (non-hydrogen) atoms. The molecule has 0 unspecified atom stereocenters. The number of hydrogen-bond acceptors (Lipinski definition) is 3. The summed E-state index contributed by atoms with van der Waals surface area (Å²) in [7, 11) is 0. The third-order valence-corrected chi connectivity index (χ3v) is 5.64. The SMILES string of the molecule is CCNC(=O)[C@H](CC)N(Cc1ccc(Cl)cc1)C(=O)CSc1ccc(C)cc1. The molecule has 6 heteroatoms. The fraction of sp³-hybridized carbons (Fsp3) is 0.364. The molecule has 0 aromatic heterocycles. The third-order valence-electron chi connectivity index (χ3n) is 4.39. The Morgan fingerprint density at radius 1 is 1.07 bits per heavy atom. The van der Waals surface area contributed by atoms with Crippen molar-refractivity contribution in [2.45, 2.75) is 44.7 Å². The number of thioether (sulfide) groups is 1. The molecule has 2 rings (SSSR count). The molecule has 1 atom stereocenters. The molecule has 0 aliphatic rings. The van der Waals surface area contributed by atoms with E-state index in [0.717, 1.165) is 10.5 Å². The van der Waals surface area contributed by atoms with E-state index in [1.807, 2.05) is 57.2 Å². The van der Waals surface area contributed by atoms with Crippen molar-refractivity contribution < 1.29 is 9.59 Å². The monoisotopic (exact) mass is 418 g/mol. The second-order valence-electron chi connectivity index (χ2n) is 6.57. The van der Waals surface area contributed by atoms with E-state index in [2.05, 4.69) is 5.32 Å². The Morgan fingerprint density at radius 3 is 2.29 bits per heavy atom. The van der Waals surface area contributed by atoms with E-state index in [-0.39, 0.29) is 17.6 Å². The van der Waals surface area contributed by atoms with Crippen LogP contribution in [0.1, 0.15) is 31.4 Å². The van der Waals surface area contributed by atoms with Crippen molar-refractivity contribution in [1.29, 1.82) is 0 Å². The molecule has 0 saturated heterocycles. The summed E-state index contributed by atoms with van der Waals surface area (Å²) in [6.45, 7) is 6.75. The fourth-order valence-electron chi connectivity index (χ4n) is 2.86. The Morgan fingerprint density at radius 2 is 1.71 bits per heavy atom. The predicted molar refractivity (Wildman–Crippen MR) is 117 cm³/mol. The summed E-state index contributed by atoms with van der Waals surface area (Å²) < 4.78 is 0. The lowest BCUT2D eigenvalue weighted by atomic mass is 10.1. The topological polar surface area (TPSA) is 49.4 Å². The van der Waals surface area contributed by atoms with E-state index in [4.69, 9.17) is 11.6 Å². The van der Waals surface area contributed by atoms with Crippen LogP contribution >= 0.6 is 23.4 Å². The average molecular weight is 419 g/mol. The van der Waals surface area contributed by atoms with E-state index in [1.165, 1.54) is 17.3 Å². The highest BCUT2D eigenvalue weighted by Crippen LogP contribution is 2.21. The number of benzene rings is 2. The molecule has 0 spiro atoms. The van der Waals surface area contributed by atoms with Crippen LogP contribution in [0.3, 0.4) is 0 Å². The van der Waals surface area contributed by atoms with Crippen LogP contribution in [0.25, 0.3) is 0 Å². The summed E-state index contributed by atoms with van der Waals surface area (Å²) in [6.07, 6.45) is 0.556. The van der Waals surface area contributed by atoms with Gasteiger partial charge in [-0.25, -0.2) is 0 Å². The van der Waals surface area contributed by atoms with E-state index in [9.17, 15) is 9.59 Å². The van der Waals surface area contributed by atoms with Gasteiger partial charge >= 0.3 is 0 Å². The van der Waals surface area contributed by atoms with Crippen LogP contribution in [-0.2, 0) is 16.1 Å². The lowest BCUT2D eigenvalue weighted by Crippen LogP contribution is -2.49. The van der Waals surface area contributed by atoms with Crippen molar-refractivity contribution in [3.8, 4) is 0 Å². The van der Waals surface area contributed by atoms with Gasteiger partial charge in [0.1, 0.15) is 6.04 Å². The normalized spacial score (nSPS) is 11.7. The zero-order valence-corrected chi connectivity index (χ0v) is 18.1. The number of hydrogen-bond donors (Lipinski definition) is 1. The molecule has 2 amide bonds. The van der Waals surface area contributed by atoms with E-state index in [1.54, 1.807) is 17.0 Å². The van der Waals surface area contributed by atoms with Crippen molar-refractivity contribution in [1.82, 2.24) is 10.2 Å². The van der Waals surface area contributed by atoms with Gasteiger partial charge in [0.2, 0.25) is 11.8 Å². The minimum absolute atomic E-state index is 0.0568. The molecule has 4 nitrogen and oxygen atoms in total. The summed E-state index contributed by atoms with van der Waals surface area (Å²) in [4.78, 5) is 28.3. The predicted octanol–water partition coefficient (Wildman–Crippen LogP) is 4.68. The Bertz CT molecular complexity index is 778. The van der Waals surface area contributed by atoms with Gasteiger partial charge in [-0.2, -0.15) is 0 Å². The molecule has 1 N–H and O–H groups in total. The van der Waals surface area contributed by atoms with Gasteiger partial charge in [-0.15, -0.1) is 11.8 Å². The summed E-state index contributed by atoms with van der Waals surface area (Å²) >= 11 is 7.46. The number of carbonyl (C=O) groups is 2. The second kappa shape index (κ2) is 11.1. The number of amides is 2. The van der Waals surface area contributed by atoms with Gasteiger partial charge in [0.15, 0.2) is 0 Å². The molecular formula is C22H27ClN2O2S. The molecule has 0 aliphatic carbocycles. The Balaban J connectivity index is 2.16. The molecule has 0 heterocycles. The van der Waals surface area contributed by atoms with Gasteiger partial charge in [-0.1, -0.05) is 48.4 Å². The van der Waals surface area contributed by atoms with Crippen LogP contribution in [0, 0.1) is 6.92 Å². The molecule has 0 aliphatic heterocycles. The number of nitrogens with zero attached hydrogens (tertiary/aromatic N) is 1. The number of rotatable bonds is 9. The van der Waals surface area contributed by atoms with E-state index in [0.29, 0.717) is 24.5 Å². The van der Waals surface area contributed by atoms with Gasteiger partial charge in [0.25, 0.3) is 0 Å². The Hall–Kier alpha value is -1.98. The number of nitrogens with one attached hydrogen (secondary N) is 1. The molecule has 0 saturated carbocycles. The maximum atomic E-state index is 13.1. The lowest BCUT2D eigenvalue weighted by Gasteiger charge is -2.30. The van der Waals surface area contributed by atoms with Gasteiger partial charge in [-0.05, 0) is 50.1 Å². The summed E-state index contributed by atoms with van der Waals surface area (Å²) in [5.41, 5.74) is 2.13. The highest BCUT2D eigenvalue weighted by molar-refractivity contribution is 8.00. The molecular weight excluding hydrogens is 392 g/mol. The lowest BCUT2D eigenvalue weighted by molar-refractivity contribution is -0.139. The van der Waals surface area contributed by atoms with Crippen LogP contribution in [0.5, 0.6) is 0 Å². The molecule has 2 aromatic carbocycles. The van der Waals surface area contributed by atoms with Gasteiger partial charge in [0.05, 0.1) is 5.75 Å². The van der Waals surface area contributed by atoms with Gasteiger partial charge < -0.3 is 10.2 Å². The highest BCUT2D eigenvalue weighted by Gasteiger charge is 2.28. The quantitative estimate of drug-likeness (QED) is 0.601. The zero-order valence-electron chi connectivity index (χ0n) is 16.6. The first kappa shape index (κ1) is 22.3. The molecule has 2 aromatic rings. The minimum atomic E-state index is -0.498. The Labute approximate surface area is 176 Å². The minimum Gasteiger partial charge on any atom is -0.355 e. The fourth-order valence-corrected chi connectivity index (χ4v) is 3.77. The van der Waals surface area contributed by atoms with Crippen molar-refractivity contribution in [2.75, 3.05) is 12.3 Å².